The normalized spacial score (nSPS) is 14.2. The highest BCUT2D eigenvalue weighted by atomic mass is 31.2. The van der Waals surface area contributed by atoms with Gasteiger partial charge in [-0.2, -0.15) is 0 Å². The first kappa shape index (κ1) is 66.7. The van der Waals surface area contributed by atoms with Crippen molar-refractivity contribution >= 4 is 19.8 Å². The van der Waals surface area contributed by atoms with E-state index in [0.717, 1.165) is 109 Å². The van der Waals surface area contributed by atoms with E-state index in [1.54, 1.807) is 0 Å². The summed E-state index contributed by atoms with van der Waals surface area (Å²) in [6.07, 6.45) is 70.0. The molecule has 0 saturated carbocycles. The van der Waals surface area contributed by atoms with Crippen LogP contribution < -0.4 is 0 Å². The van der Waals surface area contributed by atoms with E-state index in [2.05, 4.69) is 123 Å². The molecular formula is C60H103NO8P+. The summed E-state index contributed by atoms with van der Waals surface area (Å²) < 4.78 is 34.5. The number of carbonyl (C=O) groups is 2. The van der Waals surface area contributed by atoms with Crippen LogP contribution in [0.2, 0.25) is 0 Å². The number of likely N-dealkylation sites (N-methyl/N-ethyl adjacent to an activating group) is 1. The van der Waals surface area contributed by atoms with Crippen molar-refractivity contribution < 1.29 is 42.1 Å². The Hall–Kier alpha value is -3.33. The number of phosphoric acid groups is 1. The van der Waals surface area contributed by atoms with Crippen LogP contribution in [0, 0.1) is 0 Å². The van der Waals surface area contributed by atoms with Crippen LogP contribution in [0.1, 0.15) is 206 Å². The number of hydrogen-bond acceptors (Lipinski definition) is 7. The summed E-state index contributed by atoms with van der Waals surface area (Å²) in [4.78, 5) is 35.6. The number of nitrogens with zero attached hydrogens (tertiary/aromatic N) is 1. The lowest BCUT2D eigenvalue weighted by atomic mass is 10.1. The summed E-state index contributed by atoms with van der Waals surface area (Å²) in [6, 6.07) is 0. The van der Waals surface area contributed by atoms with Gasteiger partial charge in [0.15, 0.2) is 6.10 Å². The van der Waals surface area contributed by atoms with Crippen molar-refractivity contribution in [2.24, 2.45) is 0 Å². The average molecular weight is 997 g/mol. The standard InChI is InChI=1S/C60H102NO8P/c1-6-8-10-12-14-16-18-20-22-24-25-26-27-28-29-30-31-32-33-34-35-37-39-41-43-45-47-49-51-53-60(63)69-58(57-68-70(64,65)67-55-54-61(3,4)5)56-66-59(62)52-50-48-46-44-42-40-38-36-23-21-19-17-15-13-11-9-7-2/h8,10,14,16,20-23,25-26,28-29,31-32,34-35,39,41,58H,6-7,9,11-13,15,17-19,24,27,30,33,36-38,40,42-57H2,1-5H3/p+1/b10-8-,16-14-,22-20-,23-21-,26-25-,29-28-,32-31-,35-34-,41-39-. The van der Waals surface area contributed by atoms with Crippen molar-refractivity contribution in [3.63, 3.8) is 0 Å². The lowest BCUT2D eigenvalue weighted by Crippen LogP contribution is -2.37. The maximum Gasteiger partial charge on any atom is 0.472 e. The van der Waals surface area contributed by atoms with E-state index >= 15 is 0 Å². The molecule has 0 aromatic rings. The Kier molecular flexibility index (Phi) is 48.2. The van der Waals surface area contributed by atoms with Crippen molar-refractivity contribution in [3.05, 3.63) is 109 Å². The van der Waals surface area contributed by atoms with Gasteiger partial charge >= 0.3 is 19.8 Å². The van der Waals surface area contributed by atoms with Gasteiger partial charge in [-0.1, -0.05) is 200 Å². The van der Waals surface area contributed by atoms with E-state index in [9.17, 15) is 19.0 Å². The van der Waals surface area contributed by atoms with Crippen molar-refractivity contribution in [1.82, 2.24) is 0 Å². The molecule has 0 spiro atoms. The molecule has 1 N–H and O–H groups in total. The fourth-order valence-electron chi connectivity index (χ4n) is 7.02. The molecular weight excluding hydrogens is 894 g/mol. The summed E-state index contributed by atoms with van der Waals surface area (Å²) in [5, 5.41) is 0. The van der Waals surface area contributed by atoms with Gasteiger partial charge in [0.1, 0.15) is 19.8 Å². The first-order valence-electron chi connectivity index (χ1n) is 27.6. The summed E-state index contributed by atoms with van der Waals surface area (Å²) in [7, 11) is 1.44. The minimum Gasteiger partial charge on any atom is -0.462 e. The monoisotopic (exact) mass is 997 g/mol. The van der Waals surface area contributed by atoms with Gasteiger partial charge in [-0.15, -0.1) is 0 Å². The Labute approximate surface area is 429 Å². The number of ether oxygens (including phenoxy) is 2. The van der Waals surface area contributed by atoms with Crippen LogP contribution >= 0.6 is 7.82 Å². The van der Waals surface area contributed by atoms with Crippen LogP contribution in [0.4, 0.5) is 0 Å². The fraction of sp³-hybridized carbons (Fsp3) is 0.667. The van der Waals surface area contributed by atoms with Crippen LogP contribution in [-0.2, 0) is 32.7 Å². The van der Waals surface area contributed by atoms with Gasteiger partial charge < -0.3 is 18.9 Å². The van der Waals surface area contributed by atoms with Crippen LogP contribution in [0.25, 0.3) is 0 Å². The number of phosphoric ester groups is 1. The van der Waals surface area contributed by atoms with Crippen molar-refractivity contribution in [2.45, 2.75) is 213 Å². The fourth-order valence-corrected chi connectivity index (χ4v) is 7.77. The third-order valence-electron chi connectivity index (χ3n) is 11.3. The molecule has 0 bridgehead atoms. The Morgan fingerprint density at radius 2 is 0.814 bits per heavy atom. The van der Waals surface area contributed by atoms with Gasteiger partial charge in [-0.05, 0) is 103 Å². The predicted molar refractivity (Wildman–Crippen MR) is 298 cm³/mol. The van der Waals surface area contributed by atoms with Gasteiger partial charge in [-0.25, -0.2) is 4.57 Å². The number of hydrogen-bond donors (Lipinski definition) is 1. The van der Waals surface area contributed by atoms with E-state index in [0.29, 0.717) is 17.4 Å². The first-order chi connectivity index (χ1) is 34.0. The zero-order valence-corrected chi connectivity index (χ0v) is 46.1. The highest BCUT2D eigenvalue weighted by Crippen LogP contribution is 2.43. The van der Waals surface area contributed by atoms with Crippen molar-refractivity contribution in [2.75, 3.05) is 47.5 Å². The molecule has 2 atom stereocenters. The molecule has 0 aromatic heterocycles. The molecule has 0 aromatic carbocycles. The summed E-state index contributed by atoms with van der Waals surface area (Å²) in [5.74, 6) is -0.838. The molecule has 400 valence electrons. The van der Waals surface area contributed by atoms with Gasteiger partial charge in [0.05, 0.1) is 27.7 Å². The third-order valence-corrected chi connectivity index (χ3v) is 12.3. The maximum absolute atomic E-state index is 12.8. The molecule has 70 heavy (non-hydrogen) atoms. The van der Waals surface area contributed by atoms with Crippen LogP contribution in [0.15, 0.2) is 109 Å². The summed E-state index contributed by atoms with van der Waals surface area (Å²) in [6.45, 7) is 4.26. The summed E-state index contributed by atoms with van der Waals surface area (Å²) >= 11 is 0. The Morgan fingerprint density at radius 1 is 0.457 bits per heavy atom. The highest BCUT2D eigenvalue weighted by Gasteiger charge is 2.27. The quantitative estimate of drug-likeness (QED) is 0.0211. The second-order valence-corrected chi connectivity index (χ2v) is 20.7. The largest absolute Gasteiger partial charge is 0.472 e. The van der Waals surface area contributed by atoms with E-state index in [4.69, 9.17) is 18.5 Å². The van der Waals surface area contributed by atoms with Crippen LogP contribution in [0.3, 0.4) is 0 Å². The van der Waals surface area contributed by atoms with Crippen LogP contribution in [-0.4, -0.2) is 74.9 Å². The molecule has 0 aliphatic carbocycles. The Balaban J connectivity index is 4.30. The van der Waals surface area contributed by atoms with E-state index in [-0.39, 0.29) is 32.0 Å². The Bertz CT molecular complexity index is 1550. The second kappa shape index (κ2) is 50.6. The number of allylic oxidation sites excluding steroid dienone is 18. The predicted octanol–water partition coefficient (Wildman–Crippen LogP) is 17.0. The minimum absolute atomic E-state index is 0.0198. The van der Waals surface area contributed by atoms with Crippen molar-refractivity contribution in [3.8, 4) is 0 Å². The number of unbranched alkanes of at least 4 members (excludes halogenated alkanes) is 17. The highest BCUT2D eigenvalue weighted by molar-refractivity contribution is 7.47. The molecule has 0 radical (unpaired) electrons. The number of rotatable bonds is 49. The lowest BCUT2D eigenvalue weighted by molar-refractivity contribution is -0.870. The SMILES string of the molecule is CC/C=C\C/C=C\C/C=C\C/C=C\C/C=C\C/C=C\C/C=C\C/C=C\CCCCCCC(=O)OC(COC(=O)CCCCCCCCC/C=C\CCCCCCCC)COP(=O)(O)OCC[N+](C)(C)C. The van der Waals surface area contributed by atoms with E-state index in [1.807, 2.05) is 21.1 Å². The Morgan fingerprint density at radius 3 is 1.23 bits per heavy atom. The average Bonchev–Trinajstić information content (AvgIpc) is 3.32. The summed E-state index contributed by atoms with van der Waals surface area (Å²) in [5.41, 5.74) is 0. The molecule has 0 aliphatic rings. The first-order valence-corrected chi connectivity index (χ1v) is 29.1. The molecule has 9 nitrogen and oxygen atoms in total. The van der Waals surface area contributed by atoms with Gasteiger partial charge in [0.25, 0.3) is 0 Å². The van der Waals surface area contributed by atoms with E-state index < -0.39 is 26.5 Å². The molecule has 0 fully saturated rings. The zero-order chi connectivity index (χ0) is 51.3. The van der Waals surface area contributed by atoms with Gasteiger partial charge in [0.2, 0.25) is 0 Å². The molecule has 0 saturated heterocycles. The lowest BCUT2D eigenvalue weighted by Gasteiger charge is -2.24. The van der Waals surface area contributed by atoms with Gasteiger partial charge in [0, 0.05) is 12.8 Å². The molecule has 10 heteroatoms. The number of carbonyl (C=O) groups excluding carboxylic acids is 2. The van der Waals surface area contributed by atoms with E-state index in [1.165, 1.54) is 64.2 Å². The second-order valence-electron chi connectivity index (χ2n) is 19.2. The topological polar surface area (TPSA) is 108 Å². The minimum atomic E-state index is -4.40. The molecule has 2 unspecified atom stereocenters. The maximum atomic E-state index is 12.8. The third kappa shape index (κ3) is 54.0. The molecule has 0 aliphatic heterocycles. The molecule has 0 rings (SSSR count). The number of esters is 2. The van der Waals surface area contributed by atoms with Crippen LogP contribution in [0.5, 0.6) is 0 Å². The number of quaternary nitrogens is 1. The smallest absolute Gasteiger partial charge is 0.462 e. The van der Waals surface area contributed by atoms with Gasteiger partial charge in [-0.3, -0.25) is 18.6 Å². The molecule has 0 amide bonds. The molecule has 0 heterocycles. The zero-order valence-electron chi connectivity index (χ0n) is 45.2. The van der Waals surface area contributed by atoms with Crippen molar-refractivity contribution in [1.29, 1.82) is 0 Å².